The van der Waals surface area contributed by atoms with E-state index in [4.69, 9.17) is 14.8 Å². The zero-order valence-corrected chi connectivity index (χ0v) is 19.9. The van der Waals surface area contributed by atoms with E-state index in [9.17, 15) is 10.1 Å². The van der Waals surface area contributed by atoms with Crippen molar-refractivity contribution in [2.24, 2.45) is 7.05 Å². The first-order chi connectivity index (χ1) is 15.7. The number of likely N-dealkylation sites (tertiary alicyclic amines) is 1. The second-order valence-corrected chi connectivity index (χ2v) is 10.4. The fourth-order valence-electron chi connectivity index (χ4n) is 4.14. The molecule has 5 rings (SSSR count). The molecule has 0 spiro atoms. The fraction of sp³-hybridized carbons (Fsp3) is 0.435. The fourth-order valence-corrected chi connectivity index (χ4v) is 5.19. The Kier molecular flexibility index (Phi) is 5.09. The van der Waals surface area contributed by atoms with E-state index in [-0.39, 0.29) is 6.09 Å². The molecule has 0 radical (unpaired) electrons. The van der Waals surface area contributed by atoms with E-state index >= 15 is 0 Å². The van der Waals surface area contributed by atoms with Gasteiger partial charge in [-0.05, 0) is 45.7 Å². The summed E-state index contributed by atoms with van der Waals surface area (Å²) >= 11 is 1.58. The number of rotatable bonds is 2. The van der Waals surface area contributed by atoms with E-state index in [0.717, 1.165) is 39.5 Å². The van der Waals surface area contributed by atoms with Crippen LogP contribution in [0.25, 0.3) is 27.1 Å². The lowest BCUT2D eigenvalue weighted by molar-refractivity contribution is 0.0204. The molecule has 10 heteroatoms. The zero-order chi connectivity index (χ0) is 23.3. The summed E-state index contributed by atoms with van der Waals surface area (Å²) in [5.41, 5.74) is 2.40. The van der Waals surface area contributed by atoms with Crippen LogP contribution in [0.15, 0.2) is 24.5 Å². The van der Waals surface area contributed by atoms with Gasteiger partial charge in [0.2, 0.25) is 4.96 Å². The van der Waals surface area contributed by atoms with Crippen LogP contribution >= 0.6 is 11.3 Å². The first-order valence-electron chi connectivity index (χ1n) is 10.9. The lowest BCUT2D eigenvalue weighted by atomic mass is 9.98. The Morgan fingerprint density at radius 1 is 1.21 bits per heavy atom. The number of fused-ring (bicyclic) bond motifs is 2. The highest BCUT2D eigenvalue weighted by atomic mass is 32.1. The lowest BCUT2D eigenvalue weighted by Gasteiger charge is -2.32. The molecule has 4 aromatic rings. The summed E-state index contributed by atoms with van der Waals surface area (Å²) in [5.74, 6) is 0.302. The summed E-state index contributed by atoms with van der Waals surface area (Å²) < 4.78 is 9.01. The molecule has 1 aliphatic rings. The molecular weight excluding hydrogens is 438 g/mol. The largest absolute Gasteiger partial charge is 0.444 e. The summed E-state index contributed by atoms with van der Waals surface area (Å²) in [6, 6.07) is 6.07. The van der Waals surface area contributed by atoms with Gasteiger partial charge >= 0.3 is 6.09 Å². The minimum atomic E-state index is -0.484. The molecule has 33 heavy (non-hydrogen) atoms. The van der Waals surface area contributed by atoms with Crippen molar-refractivity contribution in [1.29, 1.82) is 5.26 Å². The second kappa shape index (κ2) is 7.85. The molecule has 0 N–H and O–H groups in total. The third-order valence-electron chi connectivity index (χ3n) is 5.69. The van der Waals surface area contributed by atoms with Gasteiger partial charge < -0.3 is 9.64 Å². The number of nitrogens with zero attached hydrogens (tertiary/aromatic N) is 7. The van der Waals surface area contributed by atoms with Gasteiger partial charge in [-0.25, -0.2) is 14.3 Å². The number of benzene rings is 1. The molecule has 1 aromatic carbocycles. The standard InChI is InChI=1S/C23H25N7O2S/c1-23(2,3)32-22(31)29-7-5-14(6-8-29)20-27-30-13-18(25-21(30)33-20)15-9-16(11-24)19-17(10-15)12-28(4)26-19/h9-10,12-14H,5-8H2,1-4H3. The van der Waals surface area contributed by atoms with E-state index < -0.39 is 5.60 Å². The number of carbonyl (C=O) groups excluding carboxylic acids is 1. The van der Waals surface area contributed by atoms with Gasteiger partial charge in [0.25, 0.3) is 0 Å². The number of carbonyl (C=O) groups is 1. The summed E-state index contributed by atoms with van der Waals surface area (Å²) in [4.78, 5) is 19.7. The van der Waals surface area contributed by atoms with E-state index in [1.54, 1.807) is 20.9 Å². The average molecular weight is 464 g/mol. The third kappa shape index (κ3) is 4.16. The summed E-state index contributed by atoms with van der Waals surface area (Å²) in [7, 11) is 1.84. The van der Waals surface area contributed by atoms with Crippen LogP contribution in [0.4, 0.5) is 4.79 Å². The van der Waals surface area contributed by atoms with Crippen molar-refractivity contribution < 1.29 is 9.53 Å². The molecule has 1 aliphatic heterocycles. The predicted molar refractivity (Wildman–Crippen MR) is 125 cm³/mol. The Morgan fingerprint density at radius 2 is 1.97 bits per heavy atom. The van der Waals surface area contributed by atoms with Crippen molar-refractivity contribution in [1.82, 2.24) is 29.3 Å². The van der Waals surface area contributed by atoms with Crippen molar-refractivity contribution in [2.45, 2.75) is 45.1 Å². The number of aryl methyl sites for hydroxylation is 1. The minimum Gasteiger partial charge on any atom is -0.444 e. The van der Waals surface area contributed by atoms with E-state index in [1.807, 2.05) is 56.9 Å². The Morgan fingerprint density at radius 3 is 2.64 bits per heavy atom. The molecule has 0 unspecified atom stereocenters. The zero-order valence-electron chi connectivity index (χ0n) is 19.1. The highest BCUT2D eigenvalue weighted by molar-refractivity contribution is 7.16. The maximum absolute atomic E-state index is 12.3. The third-order valence-corrected chi connectivity index (χ3v) is 6.78. The van der Waals surface area contributed by atoms with Crippen molar-refractivity contribution >= 4 is 33.3 Å². The molecular formula is C23H25N7O2S. The number of hydrogen-bond acceptors (Lipinski definition) is 7. The Hall–Kier alpha value is -3.45. The molecule has 1 fully saturated rings. The maximum atomic E-state index is 12.3. The van der Waals surface area contributed by atoms with Crippen molar-refractivity contribution in [3.05, 3.63) is 35.1 Å². The Bertz CT molecular complexity index is 1360. The van der Waals surface area contributed by atoms with Gasteiger partial charge in [-0.15, -0.1) is 0 Å². The molecule has 3 aromatic heterocycles. The van der Waals surface area contributed by atoms with Crippen molar-refractivity contribution in [2.75, 3.05) is 13.1 Å². The van der Waals surface area contributed by atoms with Crippen LogP contribution in [0.3, 0.4) is 0 Å². The molecule has 9 nitrogen and oxygen atoms in total. The number of ether oxygens (including phenoxy) is 1. The van der Waals surface area contributed by atoms with Crippen molar-refractivity contribution in [3.63, 3.8) is 0 Å². The highest BCUT2D eigenvalue weighted by Crippen LogP contribution is 2.33. The van der Waals surface area contributed by atoms with Gasteiger partial charge in [-0.3, -0.25) is 4.68 Å². The van der Waals surface area contributed by atoms with Crippen molar-refractivity contribution in [3.8, 4) is 17.3 Å². The molecule has 1 amide bonds. The molecule has 0 saturated carbocycles. The van der Waals surface area contributed by atoms with Gasteiger partial charge in [-0.1, -0.05) is 11.3 Å². The molecule has 170 valence electrons. The first kappa shape index (κ1) is 21.4. The number of imidazole rings is 1. The molecule has 0 aliphatic carbocycles. The van der Waals surface area contributed by atoms with Crippen LogP contribution in [0.5, 0.6) is 0 Å². The summed E-state index contributed by atoms with van der Waals surface area (Å²) in [6.45, 7) is 6.97. The minimum absolute atomic E-state index is 0.248. The Labute approximate surface area is 195 Å². The maximum Gasteiger partial charge on any atom is 0.410 e. The van der Waals surface area contributed by atoms with E-state index in [2.05, 4.69) is 11.2 Å². The number of nitriles is 1. The van der Waals surface area contributed by atoms with Gasteiger partial charge in [0.1, 0.15) is 22.2 Å². The smallest absolute Gasteiger partial charge is 0.410 e. The summed E-state index contributed by atoms with van der Waals surface area (Å²) in [6.07, 6.45) is 5.27. The van der Waals surface area contributed by atoms with Crippen LogP contribution in [0.2, 0.25) is 0 Å². The van der Waals surface area contributed by atoms with E-state index in [0.29, 0.717) is 30.1 Å². The van der Waals surface area contributed by atoms with Crippen LogP contribution in [-0.2, 0) is 11.8 Å². The summed E-state index contributed by atoms with van der Waals surface area (Å²) in [5, 5.41) is 20.6. The number of hydrogen-bond donors (Lipinski definition) is 0. The van der Waals surface area contributed by atoms with Gasteiger partial charge in [-0.2, -0.15) is 15.5 Å². The molecule has 4 heterocycles. The number of piperidine rings is 1. The molecule has 0 atom stereocenters. The van der Waals surface area contributed by atoms with Crippen LogP contribution < -0.4 is 0 Å². The SMILES string of the molecule is Cn1cc2cc(-c3cn4nc(C5CCN(C(=O)OC(C)(C)C)CC5)sc4n3)cc(C#N)c2n1. The van der Waals surface area contributed by atoms with E-state index in [1.165, 1.54) is 0 Å². The van der Waals surface area contributed by atoms with Crippen LogP contribution in [-0.4, -0.2) is 54.1 Å². The van der Waals surface area contributed by atoms with Gasteiger partial charge in [0.15, 0.2) is 0 Å². The first-order valence-corrected chi connectivity index (χ1v) is 11.7. The quantitative estimate of drug-likeness (QED) is 0.438. The van der Waals surface area contributed by atoms with Gasteiger partial charge in [0, 0.05) is 43.2 Å². The highest BCUT2D eigenvalue weighted by Gasteiger charge is 2.29. The molecule has 0 bridgehead atoms. The van der Waals surface area contributed by atoms with Crippen LogP contribution in [0, 0.1) is 11.3 Å². The van der Waals surface area contributed by atoms with Gasteiger partial charge in [0.05, 0.1) is 17.5 Å². The Balaban J connectivity index is 1.33. The lowest BCUT2D eigenvalue weighted by Crippen LogP contribution is -2.41. The second-order valence-electron chi connectivity index (χ2n) is 9.41. The average Bonchev–Trinajstić information content (AvgIpc) is 3.43. The van der Waals surface area contributed by atoms with Crippen LogP contribution in [0.1, 0.15) is 50.1 Å². The predicted octanol–water partition coefficient (Wildman–Crippen LogP) is 4.33. The normalized spacial score (nSPS) is 15.3. The number of amides is 1. The monoisotopic (exact) mass is 463 g/mol. The number of aromatic nitrogens is 5. The topological polar surface area (TPSA) is 101 Å². The molecule has 1 saturated heterocycles.